The van der Waals surface area contributed by atoms with Gasteiger partial charge < -0.3 is 15.0 Å². The molecule has 0 aliphatic heterocycles. The van der Waals surface area contributed by atoms with E-state index < -0.39 is 0 Å². The smallest absolute Gasteiger partial charge is 0.0875 e. The molecule has 0 amide bonds. The maximum Gasteiger partial charge on any atom is 0.0875 e. The Morgan fingerprint density at radius 2 is 2.11 bits per heavy atom. The second-order valence-electron chi connectivity index (χ2n) is 4.49. The second kappa shape index (κ2) is 6.03. The van der Waals surface area contributed by atoms with Gasteiger partial charge in [-0.2, -0.15) is 0 Å². The van der Waals surface area contributed by atoms with E-state index in [1.54, 1.807) is 0 Å². The normalized spacial score (nSPS) is 13.1. The van der Waals surface area contributed by atoms with E-state index in [2.05, 4.69) is 42.0 Å². The number of fused-ring (bicyclic) bond motifs is 1. The molecular formula is C15H22N2O. The Balaban J connectivity index is 2.33. The van der Waals surface area contributed by atoms with Crippen molar-refractivity contribution in [2.75, 3.05) is 13.2 Å². The highest BCUT2D eigenvalue weighted by Crippen LogP contribution is 2.21. The van der Waals surface area contributed by atoms with Crippen LogP contribution >= 0.6 is 0 Å². The summed E-state index contributed by atoms with van der Waals surface area (Å²) in [5.41, 5.74) is 8.45. The van der Waals surface area contributed by atoms with E-state index in [1.165, 1.54) is 16.5 Å². The van der Waals surface area contributed by atoms with Crippen molar-refractivity contribution in [2.45, 2.75) is 32.9 Å². The van der Waals surface area contributed by atoms with Gasteiger partial charge in [-0.1, -0.05) is 25.1 Å². The monoisotopic (exact) mass is 246 g/mol. The summed E-state index contributed by atoms with van der Waals surface area (Å²) in [6.07, 6.45) is 3.27. The Morgan fingerprint density at radius 1 is 1.28 bits per heavy atom. The van der Waals surface area contributed by atoms with Crippen LogP contribution in [0.25, 0.3) is 10.9 Å². The van der Waals surface area contributed by atoms with Crippen molar-refractivity contribution in [1.29, 1.82) is 0 Å². The fourth-order valence-corrected chi connectivity index (χ4v) is 2.43. The van der Waals surface area contributed by atoms with E-state index in [4.69, 9.17) is 10.5 Å². The topological polar surface area (TPSA) is 40.2 Å². The van der Waals surface area contributed by atoms with Crippen molar-refractivity contribution in [1.82, 2.24) is 4.57 Å². The number of aryl methyl sites for hydroxylation is 1. The van der Waals surface area contributed by atoms with Gasteiger partial charge in [0.25, 0.3) is 0 Å². The van der Waals surface area contributed by atoms with Gasteiger partial charge in [-0.05, 0) is 30.4 Å². The van der Waals surface area contributed by atoms with Gasteiger partial charge in [-0.3, -0.25) is 0 Å². The maximum absolute atomic E-state index is 5.75. The summed E-state index contributed by atoms with van der Waals surface area (Å²) in [7, 11) is 0. The van der Waals surface area contributed by atoms with Crippen LogP contribution in [0, 0.1) is 0 Å². The Hall–Kier alpha value is -1.32. The lowest BCUT2D eigenvalue weighted by Crippen LogP contribution is -2.28. The Bertz CT molecular complexity index is 504. The molecule has 1 atom stereocenters. The van der Waals surface area contributed by atoms with Crippen LogP contribution in [0.3, 0.4) is 0 Å². The molecule has 0 bridgehead atoms. The molecule has 2 N–H and O–H groups in total. The first-order chi connectivity index (χ1) is 8.80. The summed E-state index contributed by atoms with van der Waals surface area (Å²) in [6.45, 7) is 6.29. The lowest BCUT2D eigenvalue weighted by Gasteiger charge is -2.17. The molecule has 0 radical (unpaired) electrons. The van der Waals surface area contributed by atoms with Crippen LogP contribution in [0.15, 0.2) is 30.5 Å². The zero-order valence-electron chi connectivity index (χ0n) is 11.2. The van der Waals surface area contributed by atoms with Crippen molar-refractivity contribution in [3.05, 3.63) is 36.0 Å². The molecule has 1 aromatic heterocycles. The zero-order valence-corrected chi connectivity index (χ0v) is 11.2. The van der Waals surface area contributed by atoms with Gasteiger partial charge in [0.1, 0.15) is 0 Å². The number of nitrogens with zero attached hydrogens (tertiary/aromatic N) is 1. The predicted molar refractivity (Wildman–Crippen MR) is 75.8 cm³/mol. The molecule has 0 spiro atoms. The minimum Gasteiger partial charge on any atom is -0.375 e. The van der Waals surface area contributed by atoms with Gasteiger partial charge in [-0.25, -0.2) is 0 Å². The van der Waals surface area contributed by atoms with Gasteiger partial charge >= 0.3 is 0 Å². The molecule has 2 aromatic rings. The first kappa shape index (κ1) is 13.1. The largest absolute Gasteiger partial charge is 0.375 e. The highest BCUT2D eigenvalue weighted by molar-refractivity contribution is 5.83. The third kappa shape index (κ3) is 2.57. The number of ether oxygens (including phenoxy) is 1. The molecule has 1 aromatic carbocycles. The predicted octanol–water partition coefficient (Wildman–Crippen LogP) is 2.57. The summed E-state index contributed by atoms with van der Waals surface area (Å²) in [4.78, 5) is 0. The molecule has 3 nitrogen and oxygen atoms in total. The van der Waals surface area contributed by atoms with Gasteiger partial charge in [0.2, 0.25) is 0 Å². The summed E-state index contributed by atoms with van der Waals surface area (Å²) in [5, 5.41) is 1.29. The molecule has 98 valence electrons. The van der Waals surface area contributed by atoms with E-state index in [1.807, 2.05) is 6.92 Å². The van der Waals surface area contributed by atoms with Crippen LogP contribution in [0.1, 0.15) is 19.4 Å². The van der Waals surface area contributed by atoms with Crippen molar-refractivity contribution >= 4 is 10.9 Å². The minimum atomic E-state index is 0.0931. The number of nitrogens with two attached hydrogens (primary N) is 1. The SMILES string of the molecule is CCOC(CN)Cn1ccc2cccc(CC)c21. The Morgan fingerprint density at radius 3 is 2.78 bits per heavy atom. The fourth-order valence-electron chi connectivity index (χ4n) is 2.43. The minimum absolute atomic E-state index is 0.0931. The van der Waals surface area contributed by atoms with Crippen LogP contribution in [-0.2, 0) is 17.7 Å². The first-order valence-corrected chi connectivity index (χ1v) is 6.68. The Kier molecular flexibility index (Phi) is 4.39. The van der Waals surface area contributed by atoms with E-state index in [0.29, 0.717) is 13.2 Å². The van der Waals surface area contributed by atoms with Gasteiger partial charge in [0.15, 0.2) is 0 Å². The van der Waals surface area contributed by atoms with Gasteiger partial charge in [0.05, 0.1) is 18.2 Å². The molecule has 0 fully saturated rings. The third-order valence-corrected chi connectivity index (χ3v) is 3.32. The lowest BCUT2D eigenvalue weighted by molar-refractivity contribution is 0.0576. The van der Waals surface area contributed by atoms with Gasteiger partial charge in [0, 0.05) is 19.3 Å². The van der Waals surface area contributed by atoms with E-state index in [9.17, 15) is 0 Å². The quantitative estimate of drug-likeness (QED) is 0.851. The van der Waals surface area contributed by atoms with Crippen molar-refractivity contribution in [2.24, 2.45) is 5.73 Å². The lowest BCUT2D eigenvalue weighted by atomic mass is 10.1. The summed E-state index contributed by atoms with van der Waals surface area (Å²) in [5.74, 6) is 0. The number of hydrogen-bond donors (Lipinski definition) is 1. The first-order valence-electron chi connectivity index (χ1n) is 6.68. The van der Waals surface area contributed by atoms with E-state index in [-0.39, 0.29) is 6.10 Å². The van der Waals surface area contributed by atoms with Crippen LogP contribution < -0.4 is 5.73 Å². The van der Waals surface area contributed by atoms with E-state index in [0.717, 1.165) is 13.0 Å². The molecule has 3 heteroatoms. The molecular weight excluding hydrogens is 224 g/mol. The zero-order chi connectivity index (χ0) is 13.0. The van der Waals surface area contributed by atoms with Crippen molar-refractivity contribution in [3.63, 3.8) is 0 Å². The highest BCUT2D eigenvalue weighted by Gasteiger charge is 2.10. The molecule has 0 saturated carbocycles. The van der Waals surface area contributed by atoms with E-state index >= 15 is 0 Å². The van der Waals surface area contributed by atoms with Crippen LogP contribution in [0.2, 0.25) is 0 Å². The molecule has 0 aliphatic carbocycles. The number of rotatable bonds is 6. The maximum atomic E-state index is 5.75. The second-order valence-corrected chi connectivity index (χ2v) is 4.49. The molecule has 0 saturated heterocycles. The molecule has 1 unspecified atom stereocenters. The highest BCUT2D eigenvalue weighted by atomic mass is 16.5. The molecule has 2 rings (SSSR count). The van der Waals surface area contributed by atoms with Crippen molar-refractivity contribution < 1.29 is 4.74 Å². The standard InChI is InChI=1S/C15H22N2O/c1-3-12-6-5-7-13-8-9-17(15(12)13)11-14(10-16)18-4-2/h5-9,14H,3-4,10-11,16H2,1-2H3. The average molecular weight is 246 g/mol. The molecule has 1 heterocycles. The van der Waals surface area contributed by atoms with Crippen LogP contribution in [0.5, 0.6) is 0 Å². The molecule has 18 heavy (non-hydrogen) atoms. The van der Waals surface area contributed by atoms with Crippen LogP contribution in [-0.4, -0.2) is 23.8 Å². The number of benzene rings is 1. The average Bonchev–Trinajstić information content (AvgIpc) is 2.81. The van der Waals surface area contributed by atoms with Crippen molar-refractivity contribution in [3.8, 4) is 0 Å². The molecule has 0 aliphatic rings. The fraction of sp³-hybridized carbons (Fsp3) is 0.467. The Labute approximate surface area is 109 Å². The number of hydrogen-bond acceptors (Lipinski definition) is 2. The summed E-state index contributed by atoms with van der Waals surface area (Å²) < 4.78 is 7.91. The summed E-state index contributed by atoms with van der Waals surface area (Å²) >= 11 is 0. The number of aromatic nitrogens is 1. The van der Waals surface area contributed by atoms with Gasteiger partial charge in [-0.15, -0.1) is 0 Å². The third-order valence-electron chi connectivity index (χ3n) is 3.32. The summed E-state index contributed by atoms with van der Waals surface area (Å²) in [6, 6.07) is 8.63. The number of para-hydroxylation sites is 1. The van der Waals surface area contributed by atoms with Crippen LogP contribution in [0.4, 0.5) is 0 Å².